The van der Waals surface area contributed by atoms with Crippen molar-refractivity contribution in [3.8, 4) is 11.4 Å². The largest absolute Gasteiger partial charge is 0.299 e. The van der Waals surface area contributed by atoms with Gasteiger partial charge in [-0.3, -0.25) is 9.36 Å². The summed E-state index contributed by atoms with van der Waals surface area (Å²) in [6.45, 7) is 12.6. The summed E-state index contributed by atoms with van der Waals surface area (Å²) in [6, 6.07) is 9.13. The second-order valence-corrected chi connectivity index (χ2v) is 10.8. The molecule has 152 valence electrons. The van der Waals surface area contributed by atoms with Crippen LogP contribution in [-0.2, 0) is 10.2 Å². The molecule has 0 saturated heterocycles. The van der Waals surface area contributed by atoms with Crippen molar-refractivity contribution in [2.24, 2.45) is 5.41 Å². The Hall–Kier alpha value is -1.62. The predicted octanol–water partition coefficient (Wildman–Crippen LogP) is 6.07. The zero-order valence-electron chi connectivity index (χ0n) is 18.1. The van der Waals surface area contributed by atoms with Gasteiger partial charge in [-0.15, -0.1) is 10.2 Å². The molecule has 1 fully saturated rings. The summed E-state index contributed by atoms with van der Waals surface area (Å²) in [5, 5.41) is 9.90. The van der Waals surface area contributed by atoms with Gasteiger partial charge in [0.2, 0.25) is 0 Å². The molecule has 5 heteroatoms. The Morgan fingerprint density at radius 3 is 2.18 bits per heavy atom. The number of Topliss-reactive ketones (excluding diaryl/α,β-unsaturated/α-hetero) is 1. The molecule has 0 spiro atoms. The number of nitrogens with zero attached hydrogens (tertiary/aromatic N) is 3. The zero-order chi connectivity index (χ0) is 20.5. The van der Waals surface area contributed by atoms with E-state index in [1.54, 1.807) is 0 Å². The van der Waals surface area contributed by atoms with Crippen molar-refractivity contribution in [2.45, 2.75) is 83.8 Å². The number of ketones is 1. The van der Waals surface area contributed by atoms with Gasteiger partial charge in [0.1, 0.15) is 5.78 Å². The van der Waals surface area contributed by atoms with E-state index < -0.39 is 0 Å². The maximum atomic E-state index is 12.4. The van der Waals surface area contributed by atoms with E-state index in [4.69, 9.17) is 0 Å². The summed E-state index contributed by atoms with van der Waals surface area (Å²) >= 11 is 1.53. The minimum absolute atomic E-state index is 0.131. The van der Waals surface area contributed by atoms with Crippen LogP contribution in [0.3, 0.4) is 0 Å². The van der Waals surface area contributed by atoms with Gasteiger partial charge in [0, 0.05) is 17.0 Å². The Morgan fingerprint density at radius 1 is 1.04 bits per heavy atom. The number of carbonyl (C=O) groups is 1. The maximum Gasteiger partial charge on any atom is 0.192 e. The second kappa shape index (κ2) is 8.02. The van der Waals surface area contributed by atoms with E-state index in [-0.39, 0.29) is 16.6 Å². The lowest BCUT2D eigenvalue weighted by Crippen LogP contribution is -2.22. The summed E-state index contributed by atoms with van der Waals surface area (Å²) in [7, 11) is 0. The Kier molecular flexibility index (Phi) is 6.04. The van der Waals surface area contributed by atoms with Crippen LogP contribution in [0.4, 0.5) is 0 Å². The minimum atomic E-state index is -0.323. The van der Waals surface area contributed by atoms with Crippen LogP contribution in [-0.4, -0.2) is 26.3 Å². The van der Waals surface area contributed by atoms with E-state index in [1.165, 1.54) is 30.2 Å². The van der Waals surface area contributed by atoms with Crippen molar-refractivity contribution in [3.05, 3.63) is 29.8 Å². The van der Waals surface area contributed by atoms with Crippen LogP contribution >= 0.6 is 11.8 Å². The van der Waals surface area contributed by atoms with Crippen molar-refractivity contribution in [1.82, 2.24) is 14.8 Å². The molecule has 3 rings (SSSR count). The molecule has 2 aromatic rings. The van der Waals surface area contributed by atoms with E-state index in [1.807, 2.05) is 20.8 Å². The fourth-order valence-electron chi connectivity index (χ4n) is 3.53. The highest BCUT2D eigenvalue weighted by Gasteiger charge is 2.27. The first-order valence-corrected chi connectivity index (χ1v) is 11.3. The SMILES string of the molecule is CC(C)(C)C(=O)CSc1nnc(-c2ccc(C(C)(C)C)cc2)n1C1CCCC1. The highest BCUT2D eigenvalue weighted by molar-refractivity contribution is 7.99. The Morgan fingerprint density at radius 2 is 1.64 bits per heavy atom. The summed E-state index contributed by atoms with van der Waals surface area (Å²) in [6.07, 6.45) is 4.81. The van der Waals surface area contributed by atoms with Gasteiger partial charge in [-0.05, 0) is 23.8 Å². The van der Waals surface area contributed by atoms with Gasteiger partial charge in [0.15, 0.2) is 11.0 Å². The minimum Gasteiger partial charge on any atom is -0.299 e. The van der Waals surface area contributed by atoms with Crippen molar-refractivity contribution in [2.75, 3.05) is 5.75 Å². The van der Waals surface area contributed by atoms with Gasteiger partial charge in [-0.2, -0.15) is 0 Å². The lowest BCUT2D eigenvalue weighted by molar-refractivity contribution is -0.123. The molecular formula is C23H33N3OS. The third-order valence-electron chi connectivity index (χ3n) is 5.53. The lowest BCUT2D eigenvalue weighted by Gasteiger charge is -2.20. The van der Waals surface area contributed by atoms with Gasteiger partial charge >= 0.3 is 0 Å². The number of aromatic nitrogens is 3. The highest BCUT2D eigenvalue weighted by Crippen LogP contribution is 2.37. The van der Waals surface area contributed by atoms with Crippen molar-refractivity contribution in [3.63, 3.8) is 0 Å². The van der Waals surface area contributed by atoms with Crippen molar-refractivity contribution in [1.29, 1.82) is 0 Å². The van der Waals surface area contributed by atoms with E-state index >= 15 is 0 Å². The average molecular weight is 400 g/mol. The molecule has 1 aromatic heterocycles. The molecule has 0 N–H and O–H groups in total. The van der Waals surface area contributed by atoms with Gasteiger partial charge < -0.3 is 0 Å². The quantitative estimate of drug-likeness (QED) is 0.573. The van der Waals surface area contributed by atoms with Crippen LogP contribution in [0, 0.1) is 5.41 Å². The molecule has 0 unspecified atom stereocenters. The Bertz CT molecular complexity index is 819. The number of carbonyl (C=O) groups excluding carboxylic acids is 1. The second-order valence-electron chi connectivity index (χ2n) is 9.90. The van der Waals surface area contributed by atoms with Crippen LogP contribution in [0.25, 0.3) is 11.4 Å². The summed E-state index contributed by atoms with van der Waals surface area (Å²) in [4.78, 5) is 12.4. The molecule has 4 nitrogen and oxygen atoms in total. The van der Waals surface area contributed by atoms with Gasteiger partial charge in [-0.1, -0.05) is 90.4 Å². The molecule has 0 radical (unpaired) electrons. The number of benzene rings is 1. The van der Waals surface area contributed by atoms with E-state index in [0.29, 0.717) is 11.8 Å². The third kappa shape index (κ3) is 4.68. The van der Waals surface area contributed by atoms with Crippen molar-refractivity contribution < 1.29 is 4.79 Å². The summed E-state index contributed by atoms with van der Waals surface area (Å²) in [5.41, 5.74) is 2.22. The van der Waals surface area contributed by atoms with E-state index in [9.17, 15) is 4.79 Å². The maximum absolute atomic E-state index is 12.4. The van der Waals surface area contributed by atoms with E-state index in [0.717, 1.165) is 29.4 Å². The van der Waals surface area contributed by atoms with Crippen LogP contribution < -0.4 is 0 Å². The topological polar surface area (TPSA) is 47.8 Å². The smallest absolute Gasteiger partial charge is 0.192 e. The normalized spacial score (nSPS) is 15.9. The van der Waals surface area contributed by atoms with Crippen LogP contribution in [0.5, 0.6) is 0 Å². The van der Waals surface area contributed by atoms with Crippen molar-refractivity contribution >= 4 is 17.5 Å². The molecule has 1 saturated carbocycles. The van der Waals surface area contributed by atoms with Crippen LogP contribution in [0.2, 0.25) is 0 Å². The molecule has 0 amide bonds. The lowest BCUT2D eigenvalue weighted by atomic mass is 9.86. The average Bonchev–Trinajstić information content (AvgIpc) is 3.27. The number of thioether (sulfide) groups is 1. The number of hydrogen-bond acceptors (Lipinski definition) is 4. The molecule has 0 aliphatic heterocycles. The summed E-state index contributed by atoms with van der Waals surface area (Å²) < 4.78 is 2.29. The standard InChI is InChI=1S/C23H33N3OS/c1-22(2,3)17-13-11-16(12-14-17)20-24-25-21(26(20)18-9-7-8-10-18)28-15-19(27)23(4,5)6/h11-14,18H,7-10,15H2,1-6H3. The van der Waals surface area contributed by atoms with Gasteiger partial charge in [0.05, 0.1) is 5.75 Å². The Balaban J connectivity index is 1.91. The Labute approximate surface area is 173 Å². The molecule has 0 bridgehead atoms. The first-order valence-electron chi connectivity index (χ1n) is 10.3. The number of hydrogen-bond donors (Lipinski definition) is 0. The molecule has 1 aromatic carbocycles. The molecule has 1 heterocycles. The van der Waals surface area contributed by atoms with Gasteiger partial charge in [0.25, 0.3) is 0 Å². The fourth-order valence-corrected chi connectivity index (χ4v) is 4.70. The molecular weight excluding hydrogens is 366 g/mol. The van der Waals surface area contributed by atoms with Crippen LogP contribution in [0.1, 0.15) is 78.8 Å². The predicted molar refractivity (Wildman–Crippen MR) is 117 cm³/mol. The fraction of sp³-hybridized carbons (Fsp3) is 0.609. The third-order valence-corrected chi connectivity index (χ3v) is 6.48. The number of rotatable bonds is 5. The molecule has 1 aliphatic rings. The molecule has 1 aliphatic carbocycles. The monoisotopic (exact) mass is 399 g/mol. The highest BCUT2D eigenvalue weighted by atomic mass is 32.2. The zero-order valence-corrected chi connectivity index (χ0v) is 18.9. The molecule has 28 heavy (non-hydrogen) atoms. The first-order chi connectivity index (χ1) is 13.1. The van der Waals surface area contributed by atoms with Crippen LogP contribution in [0.15, 0.2) is 29.4 Å². The first kappa shape index (κ1) is 21.1. The van der Waals surface area contributed by atoms with Gasteiger partial charge in [-0.25, -0.2) is 0 Å². The molecule has 0 atom stereocenters. The summed E-state index contributed by atoms with van der Waals surface area (Å²) in [5.74, 6) is 1.62. The van der Waals surface area contributed by atoms with E-state index in [2.05, 4.69) is 59.8 Å².